The SMILES string of the molecule is CCCNC(C)CC(C)(C)c1ccccc1OCC. The molecule has 0 aliphatic heterocycles. The molecule has 108 valence electrons. The summed E-state index contributed by atoms with van der Waals surface area (Å²) in [6.45, 7) is 12.9. The van der Waals surface area contributed by atoms with E-state index in [1.54, 1.807) is 0 Å². The van der Waals surface area contributed by atoms with Crippen molar-refractivity contribution in [1.82, 2.24) is 5.32 Å². The average molecular weight is 263 g/mol. The molecule has 1 aromatic rings. The van der Waals surface area contributed by atoms with E-state index in [9.17, 15) is 0 Å². The van der Waals surface area contributed by atoms with Gasteiger partial charge in [0, 0.05) is 6.04 Å². The van der Waals surface area contributed by atoms with Gasteiger partial charge in [-0.2, -0.15) is 0 Å². The Hall–Kier alpha value is -1.02. The zero-order valence-corrected chi connectivity index (χ0v) is 13.1. The molecule has 0 saturated carbocycles. The van der Waals surface area contributed by atoms with Crippen LogP contribution in [0.4, 0.5) is 0 Å². The molecule has 2 nitrogen and oxygen atoms in total. The van der Waals surface area contributed by atoms with Gasteiger partial charge >= 0.3 is 0 Å². The van der Waals surface area contributed by atoms with Crippen LogP contribution in [0.15, 0.2) is 24.3 Å². The summed E-state index contributed by atoms with van der Waals surface area (Å²) in [4.78, 5) is 0. The summed E-state index contributed by atoms with van der Waals surface area (Å²) in [7, 11) is 0. The van der Waals surface area contributed by atoms with Crippen LogP contribution in [0.5, 0.6) is 5.75 Å². The number of hydrogen-bond donors (Lipinski definition) is 1. The predicted octanol–water partition coefficient (Wildman–Crippen LogP) is 4.14. The van der Waals surface area contributed by atoms with Crippen molar-refractivity contribution in [3.05, 3.63) is 29.8 Å². The van der Waals surface area contributed by atoms with Crippen molar-refractivity contribution in [2.24, 2.45) is 0 Å². The Balaban J connectivity index is 2.80. The van der Waals surface area contributed by atoms with Gasteiger partial charge in [-0.1, -0.05) is 39.0 Å². The van der Waals surface area contributed by atoms with Crippen LogP contribution >= 0.6 is 0 Å². The lowest BCUT2D eigenvalue weighted by Gasteiger charge is -2.30. The fourth-order valence-electron chi connectivity index (χ4n) is 2.65. The van der Waals surface area contributed by atoms with Crippen LogP contribution in [-0.2, 0) is 5.41 Å². The molecule has 0 heterocycles. The maximum absolute atomic E-state index is 5.77. The molecule has 1 rings (SSSR count). The molecule has 1 unspecified atom stereocenters. The fraction of sp³-hybridized carbons (Fsp3) is 0.647. The van der Waals surface area contributed by atoms with Gasteiger partial charge in [0.2, 0.25) is 0 Å². The lowest BCUT2D eigenvalue weighted by atomic mass is 9.79. The van der Waals surface area contributed by atoms with Gasteiger partial charge in [-0.3, -0.25) is 0 Å². The minimum absolute atomic E-state index is 0.117. The Bertz CT molecular complexity index is 373. The van der Waals surface area contributed by atoms with E-state index < -0.39 is 0 Å². The van der Waals surface area contributed by atoms with Crippen molar-refractivity contribution >= 4 is 0 Å². The second-order valence-electron chi connectivity index (χ2n) is 5.87. The van der Waals surface area contributed by atoms with Crippen LogP contribution in [0.1, 0.15) is 53.0 Å². The van der Waals surface area contributed by atoms with Crippen LogP contribution in [0.3, 0.4) is 0 Å². The fourth-order valence-corrected chi connectivity index (χ4v) is 2.65. The summed E-state index contributed by atoms with van der Waals surface area (Å²) in [6, 6.07) is 8.93. The van der Waals surface area contributed by atoms with E-state index in [2.05, 4.69) is 51.2 Å². The van der Waals surface area contributed by atoms with Gasteiger partial charge in [0.05, 0.1) is 6.61 Å². The molecule has 0 saturated heterocycles. The maximum Gasteiger partial charge on any atom is 0.123 e. The normalized spacial score (nSPS) is 13.3. The third kappa shape index (κ3) is 4.87. The number of para-hydroxylation sites is 1. The lowest BCUT2D eigenvalue weighted by Crippen LogP contribution is -2.33. The van der Waals surface area contributed by atoms with Crippen molar-refractivity contribution in [1.29, 1.82) is 0 Å². The first-order valence-corrected chi connectivity index (χ1v) is 7.47. The molecule has 0 radical (unpaired) electrons. The third-order valence-corrected chi connectivity index (χ3v) is 3.48. The molecule has 1 N–H and O–H groups in total. The number of nitrogens with one attached hydrogen (secondary N) is 1. The van der Waals surface area contributed by atoms with Gasteiger partial charge in [-0.25, -0.2) is 0 Å². The third-order valence-electron chi connectivity index (χ3n) is 3.48. The van der Waals surface area contributed by atoms with Gasteiger partial charge in [0.25, 0.3) is 0 Å². The number of ether oxygens (including phenoxy) is 1. The van der Waals surface area contributed by atoms with Crippen molar-refractivity contribution in [2.45, 2.75) is 58.9 Å². The van der Waals surface area contributed by atoms with Gasteiger partial charge in [0.1, 0.15) is 5.75 Å². The topological polar surface area (TPSA) is 21.3 Å². The van der Waals surface area contributed by atoms with E-state index in [0.717, 1.165) is 25.3 Å². The summed E-state index contributed by atoms with van der Waals surface area (Å²) in [5, 5.41) is 3.57. The molecule has 0 bridgehead atoms. The Morgan fingerprint density at radius 1 is 1.21 bits per heavy atom. The number of rotatable bonds is 8. The van der Waals surface area contributed by atoms with Crippen LogP contribution < -0.4 is 10.1 Å². The van der Waals surface area contributed by atoms with Crippen molar-refractivity contribution in [2.75, 3.05) is 13.2 Å². The molecule has 0 aromatic heterocycles. The van der Waals surface area contributed by atoms with E-state index >= 15 is 0 Å². The first kappa shape index (κ1) is 16.0. The molecule has 0 fully saturated rings. The maximum atomic E-state index is 5.77. The van der Waals surface area contributed by atoms with Gasteiger partial charge in [-0.05, 0) is 50.3 Å². The van der Waals surface area contributed by atoms with E-state index in [0.29, 0.717) is 6.04 Å². The van der Waals surface area contributed by atoms with Crippen molar-refractivity contribution < 1.29 is 4.74 Å². The lowest BCUT2D eigenvalue weighted by molar-refractivity contribution is 0.318. The van der Waals surface area contributed by atoms with E-state index in [-0.39, 0.29) is 5.41 Å². The summed E-state index contributed by atoms with van der Waals surface area (Å²) < 4.78 is 5.77. The highest BCUT2D eigenvalue weighted by Gasteiger charge is 2.26. The minimum Gasteiger partial charge on any atom is -0.494 e. The van der Waals surface area contributed by atoms with Crippen LogP contribution in [0, 0.1) is 0 Å². The monoisotopic (exact) mass is 263 g/mol. The van der Waals surface area contributed by atoms with Crippen LogP contribution in [-0.4, -0.2) is 19.2 Å². The Labute approximate surface area is 118 Å². The van der Waals surface area contributed by atoms with Crippen molar-refractivity contribution in [3.63, 3.8) is 0 Å². The second kappa shape index (κ2) is 7.54. The summed E-state index contributed by atoms with van der Waals surface area (Å²) in [5.74, 6) is 1.03. The zero-order valence-electron chi connectivity index (χ0n) is 13.1. The van der Waals surface area contributed by atoms with Gasteiger partial charge in [0.15, 0.2) is 0 Å². The summed E-state index contributed by atoms with van der Waals surface area (Å²) >= 11 is 0. The van der Waals surface area contributed by atoms with Crippen molar-refractivity contribution in [3.8, 4) is 5.75 Å². The summed E-state index contributed by atoms with van der Waals surface area (Å²) in [6.07, 6.45) is 2.29. The highest BCUT2D eigenvalue weighted by atomic mass is 16.5. The second-order valence-corrected chi connectivity index (χ2v) is 5.87. The Morgan fingerprint density at radius 2 is 1.89 bits per heavy atom. The molecule has 1 aromatic carbocycles. The molecular formula is C17H29NO. The first-order chi connectivity index (χ1) is 9.01. The number of benzene rings is 1. The Morgan fingerprint density at radius 3 is 2.53 bits per heavy atom. The summed E-state index contributed by atoms with van der Waals surface area (Å²) in [5.41, 5.74) is 1.42. The number of hydrogen-bond acceptors (Lipinski definition) is 2. The zero-order chi connectivity index (χ0) is 14.3. The highest BCUT2D eigenvalue weighted by molar-refractivity contribution is 5.38. The standard InChI is InChI=1S/C17H29NO/c1-6-12-18-14(3)13-17(4,5)15-10-8-9-11-16(15)19-7-2/h8-11,14,18H,6-7,12-13H2,1-5H3. The molecule has 0 aliphatic rings. The van der Waals surface area contributed by atoms with Crippen LogP contribution in [0.2, 0.25) is 0 Å². The quantitative estimate of drug-likeness (QED) is 0.761. The molecular weight excluding hydrogens is 234 g/mol. The average Bonchev–Trinajstić information content (AvgIpc) is 2.37. The molecule has 0 amide bonds. The van der Waals surface area contributed by atoms with Crippen LogP contribution in [0.25, 0.3) is 0 Å². The van der Waals surface area contributed by atoms with E-state index in [1.165, 1.54) is 12.0 Å². The Kier molecular flexibility index (Phi) is 6.36. The molecule has 2 heteroatoms. The molecule has 19 heavy (non-hydrogen) atoms. The van der Waals surface area contributed by atoms with Gasteiger partial charge < -0.3 is 10.1 Å². The smallest absolute Gasteiger partial charge is 0.123 e. The van der Waals surface area contributed by atoms with E-state index in [4.69, 9.17) is 4.74 Å². The largest absolute Gasteiger partial charge is 0.494 e. The predicted molar refractivity (Wildman–Crippen MR) is 83.0 cm³/mol. The van der Waals surface area contributed by atoms with Gasteiger partial charge in [-0.15, -0.1) is 0 Å². The highest BCUT2D eigenvalue weighted by Crippen LogP contribution is 2.35. The first-order valence-electron chi connectivity index (χ1n) is 7.47. The van der Waals surface area contributed by atoms with E-state index in [1.807, 2.05) is 13.0 Å². The molecule has 1 atom stereocenters. The minimum atomic E-state index is 0.117. The molecule has 0 spiro atoms. The molecule has 0 aliphatic carbocycles.